The summed E-state index contributed by atoms with van der Waals surface area (Å²) in [6, 6.07) is 1.73. The fourth-order valence-corrected chi connectivity index (χ4v) is 1.05. The van der Waals surface area contributed by atoms with E-state index in [0.29, 0.717) is 12.2 Å². The molecule has 0 saturated carbocycles. The maximum absolute atomic E-state index is 11.1. The van der Waals surface area contributed by atoms with E-state index >= 15 is 0 Å². The number of nitrogens with two attached hydrogens (primary N) is 1. The van der Waals surface area contributed by atoms with Gasteiger partial charge in [-0.2, -0.15) is 0 Å². The maximum atomic E-state index is 11.1. The Morgan fingerprint density at radius 1 is 1.75 bits per heavy atom. The highest BCUT2D eigenvalue weighted by Crippen LogP contribution is 2.07. The summed E-state index contributed by atoms with van der Waals surface area (Å²) in [6.45, 7) is 0.435. The van der Waals surface area contributed by atoms with E-state index in [-0.39, 0.29) is 5.97 Å². The number of nitrogens with zero attached hydrogens (tertiary/aromatic N) is 1. The minimum absolute atomic E-state index is 0.336. The van der Waals surface area contributed by atoms with Crippen LogP contribution in [0, 0.1) is 0 Å². The molecule has 12 heavy (non-hydrogen) atoms. The number of hydrogen-bond donors (Lipinski definition) is 1. The number of aromatic nitrogens is 1. The van der Waals surface area contributed by atoms with Gasteiger partial charge in [-0.05, 0) is 11.6 Å². The Hall–Kier alpha value is -1.29. The SMILES string of the molecule is COC(=O)c1cc(CN)cn1C. The molecular weight excluding hydrogens is 156 g/mol. The molecule has 0 radical (unpaired) electrons. The summed E-state index contributed by atoms with van der Waals surface area (Å²) in [6.07, 6.45) is 1.81. The predicted octanol–water partition coefficient (Wildman–Crippen LogP) is 0.270. The van der Waals surface area contributed by atoms with Crippen LogP contribution in [0.2, 0.25) is 0 Å². The average molecular weight is 168 g/mol. The minimum Gasteiger partial charge on any atom is -0.464 e. The molecule has 0 aliphatic heterocycles. The lowest BCUT2D eigenvalue weighted by Gasteiger charge is -1.98. The van der Waals surface area contributed by atoms with Crippen molar-refractivity contribution in [3.63, 3.8) is 0 Å². The molecule has 0 bridgehead atoms. The molecule has 0 aliphatic carbocycles. The van der Waals surface area contributed by atoms with Gasteiger partial charge in [-0.1, -0.05) is 0 Å². The quantitative estimate of drug-likeness (QED) is 0.645. The highest BCUT2D eigenvalue weighted by Gasteiger charge is 2.10. The Kier molecular flexibility index (Phi) is 2.50. The lowest BCUT2D eigenvalue weighted by molar-refractivity contribution is 0.0590. The number of ether oxygens (including phenoxy) is 1. The van der Waals surface area contributed by atoms with Crippen LogP contribution in [0.4, 0.5) is 0 Å². The van der Waals surface area contributed by atoms with Crippen LogP contribution >= 0.6 is 0 Å². The molecule has 1 heterocycles. The number of aryl methyl sites for hydroxylation is 1. The van der Waals surface area contributed by atoms with Crippen molar-refractivity contribution < 1.29 is 9.53 Å². The molecule has 0 aliphatic rings. The largest absolute Gasteiger partial charge is 0.464 e. The first-order chi connectivity index (χ1) is 5.69. The topological polar surface area (TPSA) is 57.2 Å². The van der Waals surface area contributed by atoms with Crippen molar-refractivity contribution in [3.8, 4) is 0 Å². The normalized spacial score (nSPS) is 9.92. The molecule has 1 aromatic heterocycles. The smallest absolute Gasteiger partial charge is 0.354 e. The summed E-state index contributed by atoms with van der Waals surface area (Å²) in [5.41, 5.74) is 6.86. The van der Waals surface area contributed by atoms with E-state index in [4.69, 9.17) is 5.73 Å². The van der Waals surface area contributed by atoms with Gasteiger partial charge in [0.05, 0.1) is 7.11 Å². The highest BCUT2D eigenvalue weighted by atomic mass is 16.5. The first kappa shape index (κ1) is 8.80. The van der Waals surface area contributed by atoms with Crippen LogP contribution in [-0.4, -0.2) is 17.6 Å². The third kappa shape index (κ3) is 1.48. The number of carbonyl (C=O) groups excluding carboxylic acids is 1. The first-order valence-corrected chi connectivity index (χ1v) is 3.62. The number of methoxy groups -OCH3 is 1. The van der Waals surface area contributed by atoms with Crippen LogP contribution in [0.3, 0.4) is 0 Å². The van der Waals surface area contributed by atoms with E-state index < -0.39 is 0 Å². The van der Waals surface area contributed by atoms with Crippen molar-refractivity contribution in [2.45, 2.75) is 6.54 Å². The Bertz CT molecular complexity index is 291. The zero-order valence-corrected chi connectivity index (χ0v) is 7.20. The third-order valence-corrected chi connectivity index (χ3v) is 1.69. The summed E-state index contributed by atoms with van der Waals surface area (Å²) in [5.74, 6) is -0.336. The van der Waals surface area contributed by atoms with Gasteiger partial charge in [-0.25, -0.2) is 4.79 Å². The monoisotopic (exact) mass is 168 g/mol. The molecule has 4 heteroatoms. The van der Waals surface area contributed by atoms with Gasteiger partial charge in [0.1, 0.15) is 5.69 Å². The van der Waals surface area contributed by atoms with Crippen molar-refractivity contribution in [3.05, 3.63) is 23.5 Å². The number of hydrogen-bond acceptors (Lipinski definition) is 3. The molecule has 0 atom stereocenters. The lowest BCUT2D eigenvalue weighted by Crippen LogP contribution is -2.06. The molecule has 0 saturated heterocycles. The second-order valence-electron chi connectivity index (χ2n) is 2.54. The van der Waals surface area contributed by atoms with Crippen molar-refractivity contribution in [2.24, 2.45) is 12.8 Å². The highest BCUT2D eigenvalue weighted by molar-refractivity contribution is 5.87. The molecule has 2 N–H and O–H groups in total. The summed E-state index contributed by atoms with van der Waals surface area (Å²) < 4.78 is 6.28. The zero-order valence-electron chi connectivity index (χ0n) is 7.20. The van der Waals surface area contributed by atoms with Crippen molar-refractivity contribution >= 4 is 5.97 Å². The Morgan fingerprint density at radius 3 is 2.83 bits per heavy atom. The average Bonchev–Trinajstić information content (AvgIpc) is 2.45. The Morgan fingerprint density at radius 2 is 2.42 bits per heavy atom. The van der Waals surface area contributed by atoms with E-state index in [1.165, 1.54) is 7.11 Å². The minimum atomic E-state index is -0.336. The third-order valence-electron chi connectivity index (χ3n) is 1.69. The molecule has 66 valence electrons. The van der Waals surface area contributed by atoms with Gasteiger partial charge in [0.15, 0.2) is 0 Å². The molecule has 4 nitrogen and oxygen atoms in total. The van der Waals surface area contributed by atoms with E-state index in [1.54, 1.807) is 17.7 Å². The second-order valence-corrected chi connectivity index (χ2v) is 2.54. The molecule has 0 amide bonds. The standard InChI is InChI=1S/C8H12N2O2/c1-10-5-6(4-9)3-7(10)8(11)12-2/h3,5H,4,9H2,1-2H3. The van der Waals surface area contributed by atoms with Crippen LogP contribution in [0.25, 0.3) is 0 Å². The molecular formula is C8H12N2O2. The summed E-state index contributed by atoms with van der Waals surface area (Å²) in [5, 5.41) is 0. The molecule has 0 unspecified atom stereocenters. The van der Waals surface area contributed by atoms with E-state index in [2.05, 4.69) is 4.74 Å². The van der Waals surface area contributed by atoms with Crippen molar-refractivity contribution in [1.29, 1.82) is 0 Å². The van der Waals surface area contributed by atoms with E-state index in [0.717, 1.165) is 5.56 Å². The number of carbonyl (C=O) groups is 1. The fourth-order valence-electron chi connectivity index (χ4n) is 1.05. The lowest BCUT2D eigenvalue weighted by atomic mass is 10.3. The Labute approximate surface area is 70.9 Å². The van der Waals surface area contributed by atoms with E-state index in [9.17, 15) is 4.79 Å². The molecule has 0 aromatic carbocycles. The van der Waals surface area contributed by atoms with Crippen LogP contribution in [0.1, 0.15) is 16.1 Å². The molecule has 1 aromatic rings. The van der Waals surface area contributed by atoms with Gasteiger partial charge in [-0.3, -0.25) is 0 Å². The van der Waals surface area contributed by atoms with Gasteiger partial charge < -0.3 is 15.0 Å². The van der Waals surface area contributed by atoms with Gasteiger partial charge in [0.2, 0.25) is 0 Å². The zero-order chi connectivity index (χ0) is 9.14. The van der Waals surface area contributed by atoms with Crippen molar-refractivity contribution in [1.82, 2.24) is 4.57 Å². The second kappa shape index (κ2) is 3.40. The summed E-state index contributed by atoms with van der Waals surface area (Å²) >= 11 is 0. The van der Waals surface area contributed by atoms with E-state index in [1.807, 2.05) is 6.20 Å². The molecule has 0 spiro atoms. The summed E-state index contributed by atoms with van der Waals surface area (Å²) in [7, 11) is 3.14. The Balaban J connectivity index is 2.99. The number of rotatable bonds is 2. The molecule has 1 rings (SSSR count). The fraction of sp³-hybridized carbons (Fsp3) is 0.375. The van der Waals surface area contributed by atoms with Crippen LogP contribution < -0.4 is 5.73 Å². The maximum Gasteiger partial charge on any atom is 0.354 e. The number of esters is 1. The van der Waals surface area contributed by atoms with Crippen molar-refractivity contribution in [2.75, 3.05) is 7.11 Å². The van der Waals surface area contributed by atoms with Gasteiger partial charge >= 0.3 is 5.97 Å². The van der Waals surface area contributed by atoms with Crippen LogP contribution in [0.15, 0.2) is 12.3 Å². The van der Waals surface area contributed by atoms with Crippen LogP contribution in [0.5, 0.6) is 0 Å². The predicted molar refractivity (Wildman–Crippen MR) is 44.6 cm³/mol. The van der Waals surface area contributed by atoms with Crippen LogP contribution in [-0.2, 0) is 18.3 Å². The summed E-state index contributed by atoms with van der Waals surface area (Å²) in [4.78, 5) is 11.1. The van der Waals surface area contributed by atoms with Gasteiger partial charge in [0.25, 0.3) is 0 Å². The first-order valence-electron chi connectivity index (χ1n) is 3.62. The molecule has 0 fully saturated rings. The van der Waals surface area contributed by atoms with Gasteiger partial charge in [-0.15, -0.1) is 0 Å². The van der Waals surface area contributed by atoms with Gasteiger partial charge in [0, 0.05) is 19.8 Å².